The summed E-state index contributed by atoms with van der Waals surface area (Å²) < 4.78 is 37.9. The van der Waals surface area contributed by atoms with E-state index in [0.717, 1.165) is 51.1 Å². The van der Waals surface area contributed by atoms with E-state index in [1.54, 1.807) is 11.1 Å². The number of likely N-dealkylation sites (tertiary alicyclic amines) is 1. The van der Waals surface area contributed by atoms with E-state index in [9.17, 15) is 18.7 Å². The number of alkyl halides is 2. The van der Waals surface area contributed by atoms with Crippen LogP contribution in [0, 0.1) is 25.7 Å². The molecule has 3 unspecified atom stereocenters. The zero-order chi connectivity index (χ0) is 27.3. The van der Waals surface area contributed by atoms with E-state index >= 15 is 0 Å². The van der Waals surface area contributed by atoms with Gasteiger partial charge in [0.2, 0.25) is 5.88 Å². The molecule has 0 bridgehead atoms. The number of pyridine rings is 1. The van der Waals surface area contributed by atoms with Crippen LogP contribution in [0.5, 0.6) is 11.6 Å². The first kappa shape index (κ1) is 25.7. The third kappa shape index (κ3) is 5.22. The molecule has 3 aliphatic rings. The Balaban J connectivity index is 1.06. The second-order valence-corrected chi connectivity index (χ2v) is 11.2. The molecule has 3 aromatic rings. The summed E-state index contributed by atoms with van der Waals surface area (Å²) in [5, 5.41) is 9.31. The van der Waals surface area contributed by atoms with E-state index < -0.39 is 11.9 Å². The van der Waals surface area contributed by atoms with E-state index in [2.05, 4.69) is 31.0 Å². The third-order valence-electron chi connectivity index (χ3n) is 8.17. The van der Waals surface area contributed by atoms with Gasteiger partial charge in [0, 0.05) is 24.7 Å². The fourth-order valence-corrected chi connectivity index (χ4v) is 6.36. The van der Waals surface area contributed by atoms with Gasteiger partial charge in [0.25, 0.3) is 5.92 Å². The molecule has 2 heterocycles. The summed E-state index contributed by atoms with van der Waals surface area (Å²) >= 11 is 0. The molecular weight excluding hydrogens is 502 g/mol. The number of halogens is 2. The number of aliphatic carboxylic acids is 1. The quantitative estimate of drug-likeness (QED) is 0.340. The fraction of sp³-hybridized carbons (Fsp3) is 0.419. The molecule has 2 aromatic carbocycles. The van der Waals surface area contributed by atoms with Gasteiger partial charge < -0.3 is 14.6 Å². The van der Waals surface area contributed by atoms with Gasteiger partial charge in [-0.2, -0.15) is 0 Å². The first-order chi connectivity index (χ1) is 18.7. The van der Waals surface area contributed by atoms with Crippen LogP contribution in [0.3, 0.4) is 0 Å². The lowest BCUT2D eigenvalue weighted by Gasteiger charge is -2.38. The number of benzene rings is 2. The molecule has 1 aromatic heterocycles. The van der Waals surface area contributed by atoms with Gasteiger partial charge in [-0.25, -0.2) is 13.8 Å². The van der Waals surface area contributed by atoms with Crippen LogP contribution in [-0.4, -0.2) is 53.1 Å². The summed E-state index contributed by atoms with van der Waals surface area (Å²) in [6.07, 6.45) is 3.27. The lowest BCUT2D eigenvalue weighted by atomic mass is 9.94. The van der Waals surface area contributed by atoms with E-state index in [-0.39, 0.29) is 30.8 Å². The molecule has 8 heteroatoms. The molecule has 1 aliphatic heterocycles. The lowest BCUT2D eigenvalue weighted by molar-refractivity contribution is -0.139. The Morgan fingerprint density at radius 2 is 1.90 bits per heavy atom. The zero-order valence-electron chi connectivity index (χ0n) is 22.1. The van der Waals surface area contributed by atoms with Crippen molar-refractivity contribution in [2.24, 2.45) is 11.8 Å². The summed E-state index contributed by atoms with van der Waals surface area (Å²) in [4.78, 5) is 17.5. The van der Waals surface area contributed by atoms with Crippen molar-refractivity contribution in [3.8, 4) is 22.8 Å². The van der Waals surface area contributed by atoms with Crippen molar-refractivity contribution in [3.63, 3.8) is 0 Å². The van der Waals surface area contributed by atoms with Gasteiger partial charge in [-0.05, 0) is 89.8 Å². The zero-order valence-corrected chi connectivity index (χ0v) is 22.1. The molecule has 6 rings (SSSR count). The minimum absolute atomic E-state index is 0.111. The highest BCUT2D eigenvalue weighted by Crippen LogP contribution is 2.61. The Hall–Kier alpha value is -3.52. The third-order valence-corrected chi connectivity index (χ3v) is 8.17. The molecule has 2 fully saturated rings. The number of carboxylic acid groups (broad SMARTS) is 1. The monoisotopic (exact) mass is 534 g/mol. The van der Waals surface area contributed by atoms with Crippen molar-refractivity contribution in [2.45, 2.75) is 45.1 Å². The minimum Gasteiger partial charge on any atom is -0.494 e. The fourth-order valence-electron chi connectivity index (χ4n) is 6.36. The number of fused-ring (bicyclic) bond motifs is 3. The highest BCUT2D eigenvalue weighted by molar-refractivity contribution is 5.77. The van der Waals surface area contributed by atoms with Crippen LogP contribution in [0.1, 0.15) is 40.2 Å². The normalized spacial score (nSPS) is 22.5. The number of nitrogens with zero attached hydrogens (tertiary/aromatic N) is 2. The van der Waals surface area contributed by atoms with Crippen LogP contribution in [0.2, 0.25) is 0 Å². The first-order valence-corrected chi connectivity index (χ1v) is 13.5. The Bertz CT molecular complexity index is 1390. The molecule has 6 nitrogen and oxygen atoms in total. The predicted octanol–water partition coefficient (Wildman–Crippen LogP) is 5.63. The average molecular weight is 535 g/mol. The van der Waals surface area contributed by atoms with Gasteiger partial charge in [-0.3, -0.25) is 9.69 Å². The van der Waals surface area contributed by atoms with Crippen LogP contribution in [0.25, 0.3) is 11.1 Å². The second kappa shape index (κ2) is 9.90. The van der Waals surface area contributed by atoms with Crippen molar-refractivity contribution in [2.75, 3.05) is 26.2 Å². The Morgan fingerprint density at radius 1 is 1.13 bits per heavy atom. The maximum atomic E-state index is 13.0. The van der Waals surface area contributed by atoms with Crippen LogP contribution >= 0.6 is 0 Å². The van der Waals surface area contributed by atoms with Gasteiger partial charge in [0.15, 0.2) is 0 Å². The largest absolute Gasteiger partial charge is 0.494 e. The SMILES string of the molecule is Cc1cc(OCCCN2CC(F)(F)C2)cc(C)c1-c1cccc(COc2cc3c(cn2)C2C(C3)C2C(=O)O)c1. The number of aryl methyl sites for hydroxylation is 2. The molecule has 0 radical (unpaired) electrons. The van der Waals surface area contributed by atoms with Gasteiger partial charge in [-0.15, -0.1) is 0 Å². The maximum absolute atomic E-state index is 13.0. The van der Waals surface area contributed by atoms with E-state index in [4.69, 9.17) is 9.47 Å². The van der Waals surface area contributed by atoms with Crippen LogP contribution in [-0.2, 0) is 17.8 Å². The summed E-state index contributed by atoms with van der Waals surface area (Å²) in [5.74, 6) is -1.83. The van der Waals surface area contributed by atoms with E-state index in [0.29, 0.717) is 32.1 Å². The Labute approximate surface area is 226 Å². The molecule has 1 saturated carbocycles. The van der Waals surface area contributed by atoms with E-state index in [1.165, 1.54) is 0 Å². The summed E-state index contributed by atoms with van der Waals surface area (Å²) in [6, 6.07) is 14.3. The second-order valence-electron chi connectivity index (χ2n) is 11.2. The number of hydrogen-bond donors (Lipinski definition) is 1. The summed E-state index contributed by atoms with van der Waals surface area (Å²) in [7, 11) is 0. The smallest absolute Gasteiger partial charge is 0.307 e. The molecule has 39 heavy (non-hydrogen) atoms. The highest BCUT2D eigenvalue weighted by atomic mass is 19.3. The first-order valence-electron chi connectivity index (χ1n) is 13.5. The van der Waals surface area contributed by atoms with E-state index in [1.807, 2.05) is 30.3 Å². The summed E-state index contributed by atoms with van der Waals surface area (Å²) in [5.41, 5.74) is 7.68. The predicted molar refractivity (Wildman–Crippen MR) is 142 cm³/mol. The molecule has 3 atom stereocenters. The maximum Gasteiger partial charge on any atom is 0.307 e. The highest BCUT2D eigenvalue weighted by Gasteiger charge is 2.59. The molecule has 2 aliphatic carbocycles. The molecule has 1 N–H and O–H groups in total. The number of hydrogen-bond acceptors (Lipinski definition) is 5. The van der Waals surface area contributed by atoms with Gasteiger partial charge >= 0.3 is 5.97 Å². The van der Waals surface area contributed by atoms with Gasteiger partial charge in [-0.1, -0.05) is 18.2 Å². The lowest BCUT2D eigenvalue weighted by Crippen LogP contribution is -2.56. The standard InChI is InChI=1S/C31H32F2N2O4/c1-18-9-23(38-8-4-7-35-16-31(32,33)17-35)10-19(2)27(18)21-6-3-5-20(11-21)15-39-26-13-22-12-24-28(25(22)14-34-26)29(24)30(36)37/h3,5-6,9-11,13-14,24,28-29H,4,7-8,12,15-17H2,1-2H3,(H,36,37). The number of carboxylic acids is 1. The Morgan fingerprint density at radius 3 is 2.62 bits per heavy atom. The summed E-state index contributed by atoms with van der Waals surface area (Å²) in [6.45, 7) is 5.32. The Kier molecular flexibility index (Phi) is 6.53. The van der Waals surface area contributed by atoms with Crippen LogP contribution < -0.4 is 9.47 Å². The molecule has 0 spiro atoms. The number of rotatable bonds is 10. The van der Waals surface area contributed by atoms with Crippen LogP contribution in [0.15, 0.2) is 48.7 Å². The van der Waals surface area contributed by atoms with Gasteiger partial charge in [0.1, 0.15) is 12.4 Å². The van der Waals surface area contributed by atoms with Crippen molar-refractivity contribution < 1.29 is 28.2 Å². The number of aromatic nitrogens is 1. The number of carbonyl (C=O) groups is 1. The molecule has 1 saturated heterocycles. The van der Waals surface area contributed by atoms with Crippen molar-refractivity contribution in [3.05, 3.63) is 76.5 Å². The number of ether oxygens (including phenoxy) is 2. The van der Waals surface area contributed by atoms with Crippen molar-refractivity contribution in [1.82, 2.24) is 9.88 Å². The molecular formula is C31H32F2N2O4. The average Bonchev–Trinajstić information content (AvgIpc) is 3.46. The molecule has 0 amide bonds. The van der Waals surface area contributed by atoms with Crippen LogP contribution in [0.4, 0.5) is 8.78 Å². The van der Waals surface area contributed by atoms with Crippen molar-refractivity contribution in [1.29, 1.82) is 0 Å². The molecule has 204 valence electrons. The minimum atomic E-state index is -2.53. The van der Waals surface area contributed by atoms with Gasteiger partial charge in [0.05, 0.1) is 25.6 Å². The van der Waals surface area contributed by atoms with Crippen molar-refractivity contribution >= 4 is 5.97 Å². The topological polar surface area (TPSA) is 71.9 Å².